The molecular weight excluding hydrogens is 254 g/mol. The minimum atomic E-state index is -0.420. The smallest absolute Gasteiger partial charge is 0.268 e. The van der Waals surface area contributed by atoms with Gasteiger partial charge in [0, 0.05) is 12.1 Å². The van der Waals surface area contributed by atoms with Crippen LogP contribution in [0.25, 0.3) is 0 Å². The van der Waals surface area contributed by atoms with E-state index in [1.807, 2.05) is 6.92 Å². The van der Waals surface area contributed by atoms with E-state index in [1.54, 1.807) is 23.1 Å². The number of amides is 1. The zero-order valence-electron chi connectivity index (χ0n) is 12.3. The number of hydrogen-bond donors (Lipinski definition) is 0. The summed E-state index contributed by atoms with van der Waals surface area (Å²) in [5.41, 5.74) is 1.27. The minimum absolute atomic E-state index is 0.0105. The van der Waals surface area contributed by atoms with Gasteiger partial charge in [0.2, 0.25) is 0 Å². The van der Waals surface area contributed by atoms with Crippen molar-refractivity contribution < 1.29 is 14.3 Å². The number of benzene rings is 1. The lowest BCUT2D eigenvalue weighted by Crippen LogP contribution is -2.46. The molecule has 0 N–H and O–H groups in total. The van der Waals surface area contributed by atoms with Gasteiger partial charge in [0.1, 0.15) is 12.0 Å². The van der Waals surface area contributed by atoms with Crippen molar-refractivity contribution in [2.24, 2.45) is 5.92 Å². The molecule has 0 aliphatic carbocycles. The number of hydrogen-bond acceptors (Lipinski definition) is 3. The van der Waals surface area contributed by atoms with Crippen molar-refractivity contribution in [2.75, 3.05) is 11.4 Å². The lowest BCUT2D eigenvalue weighted by Gasteiger charge is -2.34. The highest BCUT2D eigenvalue weighted by molar-refractivity contribution is 6.00. The van der Waals surface area contributed by atoms with Crippen LogP contribution >= 0.6 is 0 Å². The van der Waals surface area contributed by atoms with Crippen molar-refractivity contribution in [2.45, 2.75) is 39.7 Å². The van der Waals surface area contributed by atoms with Gasteiger partial charge < -0.3 is 9.64 Å². The molecule has 0 spiro atoms. The standard InChI is InChI=1S/C16H21NO3/c1-4-14-16(19)17(8-7-11(2)3)13-9-12(10-18)5-6-15(13)20-14/h5-6,9-11,14H,4,7-8H2,1-3H3. The van der Waals surface area contributed by atoms with Gasteiger partial charge in [-0.05, 0) is 37.0 Å². The highest BCUT2D eigenvalue weighted by atomic mass is 16.5. The summed E-state index contributed by atoms with van der Waals surface area (Å²) >= 11 is 0. The zero-order valence-corrected chi connectivity index (χ0v) is 12.3. The summed E-state index contributed by atoms with van der Waals surface area (Å²) < 4.78 is 5.72. The van der Waals surface area contributed by atoms with E-state index in [0.29, 0.717) is 35.9 Å². The van der Waals surface area contributed by atoms with Crippen LogP contribution in [0.2, 0.25) is 0 Å². The summed E-state index contributed by atoms with van der Waals surface area (Å²) in [4.78, 5) is 25.1. The monoisotopic (exact) mass is 275 g/mol. The van der Waals surface area contributed by atoms with E-state index in [1.165, 1.54) is 0 Å². The van der Waals surface area contributed by atoms with E-state index in [0.717, 1.165) is 12.7 Å². The van der Waals surface area contributed by atoms with E-state index in [-0.39, 0.29) is 5.91 Å². The molecule has 0 aromatic heterocycles. The van der Waals surface area contributed by atoms with E-state index in [2.05, 4.69) is 13.8 Å². The van der Waals surface area contributed by atoms with E-state index in [4.69, 9.17) is 4.74 Å². The molecule has 108 valence electrons. The average Bonchev–Trinajstić information content (AvgIpc) is 2.44. The van der Waals surface area contributed by atoms with Gasteiger partial charge in [-0.25, -0.2) is 0 Å². The maximum absolute atomic E-state index is 12.4. The number of anilines is 1. The Morgan fingerprint density at radius 2 is 2.15 bits per heavy atom. The van der Waals surface area contributed by atoms with Crippen molar-refractivity contribution in [3.05, 3.63) is 23.8 Å². The molecule has 0 radical (unpaired) electrons. The van der Waals surface area contributed by atoms with Crippen molar-refractivity contribution >= 4 is 17.9 Å². The molecule has 1 aliphatic rings. The first-order valence-electron chi connectivity index (χ1n) is 7.14. The highest BCUT2D eigenvalue weighted by Gasteiger charge is 2.33. The summed E-state index contributed by atoms with van der Waals surface area (Å²) in [5, 5.41) is 0. The van der Waals surface area contributed by atoms with Crippen LogP contribution in [0, 0.1) is 5.92 Å². The molecule has 0 saturated carbocycles. The molecule has 1 aliphatic heterocycles. The molecule has 1 aromatic rings. The Bertz CT molecular complexity index is 510. The Morgan fingerprint density at radius 1 is 1.40 bits per heavy atom. The van der Waals surface area contributed by atoms with Gasteiger partial charge in [-0.15, -0.1) is 0 Å². The Balaban J connectivity index is 2.36. The molecule has 20 heavy (non-hydrogen) atoms. The van der Waals surface area contributed by atoms with E-state index in [9.17, 15) is 9.59 Å². The molecule has 4 heteroatoms. The fourth-order valence-electron chi connectivity index (χ4n) is 2.29. The van der Waals surface area contributed by atoms with Crippen molar-refractivity contribution in [3.63, 3.8) is 0 Å². The predicted octanol–water partition coefficient (Wildman–Crippen LogP) is 3.05. The fraction of sp³-hybridized carbons (Fsp3) is 0.500. The third-order valence-corrected chi connectivity index (χ3v) is 3.52. The summed E-state index contributed by atoms with van der Waals surface area (Å²) in [6.45, 7) is 6.86. The topological polar surface area (TPSA) is 46.6 Å². The first-order valence-corrected chi connectivity index (χ1v) is 7.14. The van der Waals surface area contributed by atoms with Gasteiger partial charge in [0.25, 0.3) is 5.91 Å². The molecule has 1 unspecified atom stereocenters. The lowest BCUT2D eigenvalue weighted by molar-refractivity contribution is -0.126. The summed E-state index contributed by atoms with van der Waals surface area (Å²) in [6.07, 6.45) is 1.94. The van der Waals surface area contributed by atoms with Crippen LogP contribution in [0.3, 0.4) is 0 Å². The molecule has 2 rings (SSSR count). The number of nitrogens with zero attached hydrogens (tertiary/aromatic N) is 1. The SMILES string of the molecule is CCC1Oc2ccc(C=O)cc2N(CCC(C)C)C1=O. The summed E-state index contributed by atoms with van der Waals surface area (Å²) in [6, 6.07) is 5.22. The third-order valence-electron chi connectivity index (χ3n) is 3.52. The first-order chi connectivity index (χ1) is 9.56. The van der Waals surface area contributed by atoms with Crippen LogP contribution in [0.4, 0.5) is 5.69 Å². The van der Waals surface area contributed by atoms with Crippen LogP contribution in [-0.2, 0) is 4.79 Å². The Labute approximate surface area is 119 Å². The van der Waals surface area contributed by atoms with Gasteiger partial charge in [-0.1, -0.05) is 20.8 Å². The fourth-order valence-corrected chi connectivity index (χ4v) is 2.29. The zero-order chi connectivity index (χ0) is 14.7. The van der Waals surface area contributed by atoms with Gasteiger partial charge in [0.05, 0.1) is 5.69 Å². The second-order valence-corrected chi connectivity index (χ2v) is 5.53. The molecule has 0 bridgehead atoms. The quantitative estimate of drug-likeness (QED) is 0.776. The molecule has 0 saturated heterocycles. The molecule has 1 amide bonds. The number of fused-ring (bicyclic) bond motifs is 1. The number of carbonyl (C=O) groups is 2. The maximum Gasteiger partial charge on any atom is 0.268 e. The number of aldehydes is 1. The average molecular weight is 275 g/mol. The third kappa shape index (κ3) is 2.84. The highest BCUT2D eigenvalue weighted by Crippen LogP contribution is 2.35. The first kappa shape index (κ1) is 14.6. The van der Waals surface area contributed by atoms with E-state index < -0.39 is 6.10 Å². The summed E-state index contributed by atoms with van der Waals surface area (Å²) in [7, 11) is 0. The van der Waals surface area contributed by atoms with Crippen LogP contribution < -0.4 is 9.64 Å². The normalized spacial score (nSPS) is 17.9. The van der Waals surface area contributed by atoms with Crippen molar-refractivity contribution in [1.29, 1.82) is 0 Å². The largest absolute Gasteiger partial charge is 0.478 e. The van der Waals surface area contributed by atoms with Gasteiger partial charge in [-0.3, -0.25) is 9.59 Å². The molecule has 1 atom stereocenters. The molecule has 0 fully saturated rings. The van der Waals surface area contributed by atoms with E-state index >= 15 is 0 Å². The van der Waals surface area contributed by atoms with Gasteiger partial charge >= 0.3 is 0 Å². The maximum atomic E-state index is 12.4. The number of rotatable bonds is 5. The summed E-state index contributed by atoms with van der Waals surface area (Å²) in [5.74, 6) is 1.19. The predicted molar refractivity (Wildman–Crippen MR) is 78.3 cm³/mol. The van der Waals surface area contributed by atoms with Gasteiger partial charge in [-0.2, -0.15) is 0 Å². The molecule has 1 aromatic carbocycles. The Morgan fingerprint density at radius 3 is 2.75 bits per heavy atom. The molecule has 4 nitrogen and oxygen atoms in total. The van der Waals surface area contributed by atoms with Crippen molar-refractivity contribution in [3.8, 4) is 5.75 Å². The molecule has 1 heterocycles. The second kappa shape index (κ2) is 6.07. The van der Waals surface area contributed by atoms with Crippen LogP contribution in [-0.4, -0.2) is 24.8 Å². The van der Waals surface area contributed by atoms with Gasteiger partial charge in [0.15, 0.2) is 6.10 Å². The van der Waals surface area contributed by atoms with Crippen molar-refractivity contribution in [1.82, 2.24) is 0 Å². The number of ether oxygens (including phenoxy) is 1. The van der Waals surface area contributed by atoms with Crippen LogP contribution in [0.15, 0.2) is 18.2 Å². The molecular formula is C16H21NO3. The van der Waals surface area contributed by atoms with Crippen LogP contribution in [0.1, 0.15) is 44.0 Å². The lowest BCUT2D eigenvalue weighted by atomic mass is 10.1. The Hall–Kier alpha value is -1.84. The second-order valence-electron chi connectivity index (χ2n) is 5.53. The minimum Gasteiger partial charge on any atom is -0.478 e. The van der Waals surface area contributed by atoms with Crippen LogP contribution in [0.5, 0.6) is 5.75 Å². The Kier molecular flexibility index (Phi) is 4.42. The number of carbonyl (C=O) groups excluding carboxylic acids is 2.